The average Bonchev–Trinajstić information content (AvgIpc) is 2.73. The predicted octanol–water partition coefficient (Wildman–Crippen LogP) is 1.74. The topological polar surface area (TPSA) is 72.9 Å². The maximum Gasteiger partial charge on any atom is 0.251 e. The summed E-state index contributed by atoms with van der Waals surface area (Å²) in [5.41, 5.74) is 7.76. The summed E-state index contributed by atoms with van der Waals surface area (Å²) < 4.78 is 2.54. The van der Waals surface area contributed by atoms with Gasteiger partial charge in [-0.2, -0.15) is 5.10 Å². The smallest absolute Gasteiger partial charge is 0.251 e. The van der Waals surface area contributed by atoms with Gasteiger partial charge in [-0.3, -0.25) is 9.48 Å². The number of nitrogens with zero attached hydrogens (tertiary/aromatic N) is 2. The Labute approximate surface area is 119 Å². The van der Waals surface area contributed by atoms with Gasteiger partial charge in [0.25, 0.3) is 5.91 Å². The van der Waals surface area contributed by atoms with Crippen molar-refractivity contribution in [3.05, 3.63) is 46.2 Å². The van der Waals surface area contributed by atoms with E-state index in [4.69, 9.17) is 5.73 Å². The number of nitrogens with one attached hydrogen (secondary N) is 1. The van der Waals surface area contributed by atoms with Gasteiger partial charge >= 0.3 is 0 Å². The molecule has 0 spiro atoms. The third-order valence-corrected chi connectivity index (χ3v) is 3.08. The summed E-state index contributed by atoms with van der Waals surface area (Å²) in [6.45, 7) is 0.544. The first kappa shape index (κ1) is 13.6. The summed E-state index contributed by atoms with van der Waals surface area (Å²) >= 11 is 3.32. The van der Waals surface area contributed by atoms with Gasteiger partial charge in [0.05, 0.1) is 5.69 Å². The maximum atomic E-state index is 11.9. The zero-order valence-corrected chi connectivity index (χ0v) is 12.1. The number of carbonyl (C=O) groups is 1. The monoisotopic (exact) mass is 322 g/mol. The lowest BCUT2D eigenvalue weighted by molar-refractivity contribution is 0.0954. The van der Waals surface area contributed by atoms with E-state index in [2.05, 4.69) is 26.3 Å². The van der Waals surface area contributed by atoms with Gasteiger partial charge in [0.2, 0.25) is 0 Å². The van der Waals surface area contributed by atoms with E-state index in [0.29, 0.717) is 24.2 Å². The van der Waals surface area contributed by atoms with Crippen LogP contribution in [0.5, 0.6) is 0 Å². The Kier molecular flexibility index (Phi) is 4.21. The van der Waals surface area contributed by atoms with Crippen molar-refractivity contribution < 1.29 is 4.79 Å². The fourth-order valence-electron chi connectivity index (χ4n) is 1.75. The van der Waals surface area contributed by atoms with Crippen LogP contribution in [-0.2, 0) is 13.5 Å². The lowest BCUT2D eigenvalue weighted by atomic mass is 10.2. The second kappa shape index (κ2) is 5.88. The van der Waals surface area contributed by atoms with Gasteiger partial charge < -0.3 is 11.1 Å². The molecular formula is C13H15BrN4O. The fraction of sp³-hybridized carbons (Fsp3) is 0.231. The summed E-state index contributed by atoms with van der Waals surface area (Å²) in [5.74, 6) is -0.135. The highest BCUT2D eigenvalue weighted by Crippen LogP contribution is 2.17. The zero-order valence-electron chi connectivity index (χ0n) is 10.6. The third kappa shape index (κ3) is 3.82. The number of nitrogens with two attached hydrogens (primary N) is 1. The molecule has 2 rings (SSSR count). The van der Waals surface area contributed by atoms with Crippen LogP contribution in [0.25, 0.3) is 0 Å². The van der Waals surface area contributed by atoms with Crippen molar-refractivity contribution in [3.8, 4) is 0 Å². The molecule has 0 radical (unpaired) electrons. The summed E-state index contributed by atoms with van der Waals surface area (Å²) in [6.07, 6.45) is 2.59. The van der Waals surface area contributed by atoms with Gasteiger partial charge in [0.15, 0.2) is 0 Å². The first-order valence-corrected chi connectivity index (χ1v) is 6.66. The molecule has 0 aliphatic carbocycles. The molecule has 0 aliphatic heterocycles. The van der Waals surface area contributed by atoms with E-state index < -0.39 is 0 Å². The standard InChI is InChI=1S/C13H15BrN4O/c1-18-5-3-12(17-18)2-4-16-13(19)9-6-10(14)8-11(15)7-9/h3,5-8H,2,4,15H2,1H3,(H,16,19). The fourth-order valence-corrected chi connectivity index (χ4v) is 2.26. The van der Waals surface area contributed by atoms with Crippen molar-refractivity contribution in [2.45, 2.75) is 6.42 Å². The molecule has 2 aromatic rings. The van der Waals surface area contributed by atoms with E-state index in [1.807, 2.05) is 19.3 Å². The molecule has 5 nitrogen and oxygen atoms in total. The number of carbonyl (C=O) groups excluding carboxylic acids is 1. The second-order valence-electron chi connectivity index (χ2n) is 4.26. The second-order valence-corrected chi connectivity index (χ2v) is 5.18. The van der Waals surface area contributed by atoms with Crippen LogP contribution in [0.3, 0.4) is 0 Å². The molecule has 3 N–H and O–H groups in total. The number of benzene rings is 1. The van der Waals surface area contributed by atoms with E-state index in [-0.39, 0.29) is 5.91 Å². The van der Waals surface area contributed by atoms with Gasteiger partial charge in [-0.15, -0.1) is 0 Å². The summed E-state index contributed by atoms with van der Waals surface area (Å²) in [7, 11) is 1.87. The molecule has 0 fully saturated rings. The Hall–Kier alpha value is -1.82. The van der Waals surface area contributed by atoms with E-state index in [0.717, 1.165) is 10.2 Å². The molecule has 19 heavy (non-hydrogen) atoms. The predicted molar refractivity (Wildman–Crippen MR) is 77.8 cm³/mol. The molecule has 0 saturated carbocycles. The molecule has 0 aliphatic rings. The number of aromatic nitrogens is 2. The van der Waals surface area contributed by atoms with Crippen molar-refractivity contribution >= 4 is 27.5 Å². The number of anilines is 1. The molecule has 0 unspecified atom stereocenters. The summed E-state index contributed by atoms with van der Waals surface area (Å²) in [6, 6.07) is 7.08. The van der Waals surface area contributed by atoms with Crippen LogP contribution < -0.4 is 11.1 Å². The highest BCUT2D eigenvalue weighted by atomic mass is 79.9. The van der Waals surface area contributed by atoms with Crippen LogP contribution in [0, 0.1) is 0 Å². The lowest BCUT2D eigenvalue weighted by Gasteiger charge is -2.05. The number of hydrogen-bond donors (Lipinski definition) is 2. The molecule has 1 amide bonds. The van der Waals surface area contributed by atoms with Crippen molar-refractivity contribution in [2.75, 3.05) is 12.3 Å². The van der Waals surface area contributed by atoms with Gasteiger partial charge in [-0.05, 0) is 24.3 Å². The Morgan fingerprint density at radius 2 is 2.26 bits per heavy atom. The minimum atomic E-state index is -0.135. The molecule has 1 aromatic heterocycles. The first-order chi connectivity index (χ1) is 9.04. The van der Waals surface area contributed by atoms with Gasteiger partial charge in [-0.25, -0.2) is 0 Å². The highest BCUT2D eigenvalue weighted by Gasteiger charge is 2.07. The number of nitrogen functional groups attached to an aromatic ring is 1. The summed E-state index contributed by atoms with van der Waals surface area (Å²) in [4.78, 5) is 11.9. The number of halogens is 1. The Balaban J connectivity index is 1.90. The van der Waals surface area contributed by atoms with Gasteiger partial charge in [0.1, 0.15) is 0 Å². The Bertz CT molecular complexity index is 574. The molecule has 1 aromatic carbocycles. The Morgan fingerprint density at radius 1 is 1.47 bits per heavy atom. The van der Waals surface area contributed by atoms with Crippen molar-refractivity contribution in [2.24, 2.45) is 7.05 Å². The highest BCUT2D eigenvalue weighted by molar-refractivity contribution is 9.10. The van der Waals surface area contributed by atoms with Crippen LogP contribution in [-0.4, -0.2) is 22.2 Å². The van der Waals surface area contributed by atoms with Crippen molar-refractivity contribution in [3.63, 3.8) is 0 Å². The minimum absolute atomic E-state index is 0.135. The number of rotatable bonds is 4. The largest absolute Gasteiger partial charge is 0.399 e. The number of aryl methyl sites for hydroxylation is 1. The maximum absolute atomic E-state index is 11.9. The van der Waals surface area contributed by atoms with Gasteiger partial charge in [-0.1, -0.05) is 15.9 Å². The zero-order chi connectivity index (χ0) is 13.8. The SMILES string of the molecule is Cn1ccc(CCNC(=O)c2cc(N)cc(Br)c2)n1. The van der Waals surface area contributed by atoms with Crippen LogP contribution in [0.4, 0.5) is 5.69 Å². The van der Waals surface area contributed by atoms with Crippen LogP contribution >= 0.6 is 15.9 Å². The normalized spacial score (nSPS) is 10.4. The molecule has 0 saturated heterocycles. The lowest BCUT2D eigenvalue weighted by Crippen LogP contribution is -2.25. The summed E-state index contributed by atoms with van der Waals surface area (Å²) in [5, 5.41) is 7.09. The van der Waals surface area contributed by atoms with E-state index in [1.165, 1.54) is 0 Å². The molecule has 100 valence electrons. The average molecular weight is 323 g/mol. The molecule has 0 bridgehead atoms. The van der Waals surface area contributed by atoms with E-state index in [1.54, 1.807) is 22.9 Å². The minimum Gasteiger partial charge on any atom is -0.399 e. The quantitative estimate of drug-likeness (QED) is 0.842. The number of amides is 1. The van der Waals surface area contributed by atoms with E-state index >= 15 is 0 Å². The van der Waals surface area contributed by atoms with Crippen LogP contribution in [0.2, 0.25) is 0 Å². The molecular weight excluding hydrogens is 308 g/mol. The van der Waals surface area contributed by atoms with Crippen LogP contribution in [0.1, 0.15) is 16.1 Å². The van der Waals surface area contributed by atoms with E-state index in [9.17, 15) is 4.79 Å². The molecule has 6 heteroatoms. The van der Waals surface area contributed by atoms with Crippen LogP contribution in [0.15, 0.2) is 34.9 Å². The third-order valence-electron chi connectivity index (χ3n) is 2.62. The van der Waals surface area contributed by atoms with Gasteiger partial charge in [0, 0.05) is 41.9 Å². The first-order valence-electron chi connectivity index (χ1n) is 5.87. The van der Waals surface area contributed by atoms with Crippen molar-refractivity contribution in [1.82, 2.24) is 15.1 Å². The Morgan fingerprint density at radius 3 is 2.89 bits per heavy atom. The molecule has 0 atom stereocenters. The number of hydrogen-bond acceptors (Lipinski definition) is 3. The molecule has 1 heterocycles. The van der Waals surface area contributed by atoms with Crippen molar-refractivity contribution in [1.29, 1.82) is 0 Å².